The van der Waals surface area contributed by atoms with Crippen LogP contribution < -0.4 is 5.73 Å². The largest absolute Gasteiger partial charge is 0.454 e. The summed E-state index contributed by atoms with van der Waals surface area (Å²) in [4.78, 5) is 24.2. The van der Waals surface area contributed by atoms with E-state index in [9.17, 15) is 9.59 Å². The summed E-state index contributed by atoms with van der Waals surface area (Å²) in [5, 5.41) is 0. The van der Waals surface area contributed by atoms with E-state index in [-0.39, 0.29) is 18.0 Å². The zero-order valence-electron chi connectivity index (χ0n) is 13.5. The van der Waals surface area contributed by atoms with E-state index in [2.05, 4.69) is 0 Å². The minimum atomic E-state index is -0.604. The van der Waals surface area contributed by atoms with Crippen molar-refractivity contribution in [1.29, 1.82) is 0 Å². The number of nitrogens with two attached hydrogens (primary N) is 1. The van der Waals surface area contributed by atoms with Crippen molar-refractivity contribution in [3.8, 4) is 11.1 Å². The highest BCUT2D eigenvalue weighted by molar-refractivity contribution is 6.00. The standard InChI is InChI=1S/C21H17NO3/c22-19-9-5-4-8-18(19)21(24)25-14-20(23)17-12-10-16(11-13-17)15-6-2-1-3-7-15/h1-13H,14,22H2. The van der Waals surface area contributed by atoms with Crippen LogP contribution in [-0.4, -0.2) is 18.4 Å². The van der Waals surface area contributed by atoms with Crippen LogP contribution in [0.5, 0.6) is 0 Å². The number of carbonyl (C=O) groups is 2. The highest BCUT2D eigenvalue weighted by Gasteiger charge is 2.14. The fraction of sp³-hybridized carbons (Fsp3) is 0.0476. The van der Waals surface area contributed by atoms with Gasteiger partial charge in [-0.2, -0.15) is 0 Å². The lowest BCUT2D eigenvalue weighted by Gasteiger charge is -2.07. The second kappa shape index (κ2) is 7.45. The number of ketones is 1. The lowest BCUT2D eigenvalue weighted by molar-refractivity contribution is 0.0476. The fourth-order valence-corrected chi connectivity index (χ4v) is 2.45. The van der Waals surface area contributed by atoms with Crippen LogP contribution in [0.3, 0.4) is 0 Å². The van der Waals surface area contributed by atoms with E-state index in [1.807, 2.05) is 42.5 Å². The number of hydrogen-bond donors (Lipinski definition) is 1. The van der Waals surface area contributed by atoms with Gasteiger partial charge in [-0.1, -0.05) is 66.7 Å². The number of Topliss-reactive ketones (excluding diaryl/α,β-unsaturated/α-hetero) is 1. The summed E-state index contributed by atoms with van der Waals surface area (Å²) in [6.07, 6.45) is 0. The molecule has 25 heavy (non-hydrogen) atoms. The fourth-order valence-electron chi connectivity index (χ4n) is 2.45. The highest BCUT2D eigenvalue weighted by Crippen LogP contribution is 2.19. The topological polar surface area (TPSA) is 69.4 Å². The van der Waals surface area contributed by atoms with E-state index < -0.39 is 5.97 Å². The Bertz CT molecular complexity index is 887. The van der Waals surface area contributed by atoms with Crippen LogP contribution in [0, 0.1) is 0 Å². The molecule has 2 N–H and O–H groups in total. The summed E-state index contributed by atoms with van der Waals surface area (Å²) in [5.74, 6) is -0.866. The van der Waals surface area contributed by atoms with E-state index >= 15 is 0 Å². The van der Waals surface area contributed by atoms with E-state index in [1.54, 1.807) is 36.4 Å². The van der Waals surface area contributed by atoms with Crippen molar-refractivity contribution in [2.75, 3.05) is 12.3 Å². The summed E-state index contributed by atoms with van der Waals surface area (Å²) < 4.78 is 5.07. The van der Waals surface area contributed by atoms with E-state index in [0.717, 1.165) is 11.1 Å². The Morgan fingerprint density at radius 3 is 2.04 bits per heavy atom. The molecule has 0 bridgehead atoms. The first-order valence-corrected chi connectivity index (χ1v) is 7.85. The third kappa shape index (κ3) is 3.93. The van der Waals surface area contributed by atoms with Gasteiger partial charge in [-0.25, -0.2) is 4.79 Å². The Labute approximate surface area is 145 Å². The molecule has 3 aromatic rings. The lowest BCUT2D eigenvalue weighted by Crippen LogP contribution is -2.15. The number of para-hydroxylation sites is 1. The molecule has 0 aliphatic carbocycles. The molecule has 0 saturated carbocycles. The van der Waals surface area contributed by atoms with Gasteiger partial charge >= 0.3 is 5.97 Å². The maximum absolute atomic E-state index is 12.2. The predicted molar refractivity (Wildman–Crippen MR) is 97.3 cm³/mol. The van der Waals surface area contributed by atoms with Gasteiger partial charge in [0.1, 0.15) is 0 Å². The van der Waals surface area contributed by atoms with E-state index in [1.165, 1.54) is 0 Å². The van der Waals surface area contributed by atoms with Crippen molar-refractivity contribution >= 4 is 17.4 Å². The summed E-state index contributed by atoms with van der Waals surface area (Å²) >= 11 is 0. The van der Waals surface area contributed by atoms with Gasteiger partial charge in [0.05, 0.1) is 5.56 Å². The molecule has 0 saturated heterocycles. The normalized spacial score (nSPS) is 10.2. The van der Waals surface area contributed by atoms with E-state index in [0.29, 0.717) is 11.3 Å². The van der Waals surface area contributed by atoms with Crippen molar-refractivity contribution in [2.45, 2.75) is 0 Å². The molecule has 3 aromatic carbocycles. The third-order valence-corrected chi connectivity index (χ3v) is 3.83. The smallest absolute Gasteiger partial charge is 0.340 e. The first kappa shape index (κ1) is 16.5. The number of carbonyl (C=O) groups excluding carboxylic acids is 2. The number of ether oxygens (including phenoxy) is 1. The molecule has 0 fully saturated rings. The monoisotopic (exact) mass is 331 g/mol. The zero-order chi connectivity index (χ0) is 17.6. The molecule has 0 aromatic heterocycles. The van der Waals surface area contributed by atoms with Gasteiger partial charge < -0.3 is 10.5 Å². The SMILES string of the molecule is Nc1ccccc1C(=O)OCC(=O)c1ccc(-c2ccccc2)cc1. The van der Waals surface area contributed by atoms with Gasteiger partial charge in [0.15, 0.2) is 12.4 Å². The van der Waals surface area contributed by atoms with Gasteiger partial charge in [-0.15, -0.1) is 0 Å². The Balaban J connectivity index is 1.64. The maximum Gasteiger partial charge on any atom is 0.340 e. The summed E-state index contributed by atoms with van der Waals surface area (Å²) in [6, 6.07) is 23.7. The number of esters is 1. The Hall–Kier alpha value is -3.40. The predicted octanol–water partition coefficient (Wildman–Crippen LogP) is 3.98. The molecule has 4 heteroatoms. The van der Waals surface area contributed by atoms with Crippen LogP contribution in [0.15, 0.2) is 78.9 Å². The lowest BCUT2D eigenvalue weighted by atomic mass is 10.0. The average Bonchev–Trinajstić information content (AvgIpc) is 2.67. The molecule has 3 rings (SSSR count). The quantitative estimate of drug-likeness (QED) is 0.436. The second-order valence-corrected chi connectivity index (χ2v) is 5.53. The van der Waals surface area contributed by atoms with E-state index in [4.69, 9.17) is 10.5 Å². The maximum atomic E-state index is 12.2. The second-order valence-electron chi connectivity index (χ2n) is 5.53. The van der Waals surface area contributed by atoms with Crippen molar-refractivity contribution in [3.63, 3.8) is 0 Å². The first-order chi connectivity index (χ1) is 12.1. The highest BCUT2D eigenvalue weighted by atomic mass is 16.5. The molecule has 124 valence electrons. The van der Waals surface area contributed by atoms with Crippen molar-refractivity contribution in [3.05, 3.63) is 90.0 Å². The van der Waals surface area contributed by atoms with Gasteiger partial charge in [-0.3, -0.25) is 4.79 Å². The summed E-state index contributed by atoms with van der Waals surface area (Å²) in [7, 11) is 0. The van der Waals surface area contributed by atoms with Crippen LogP contribution in [-0.2, 0) is 4.74 Å². The molecular formula is C21H17NO3. The molecule has 0 atom stereocenters. The van der Waals surface area contributed by atoms with Gasteiger partial charge in [0.25, 0.3) is 0 Å². The number of benzene rings is 3. The van der Waals surface area contributed by atoms with Crippen LogP contribution in [0.1, 0.15) is 20.7 Å². The molecule has 4 nitrogen and oxygen atoms in total. The molecule has 0 spiro atoms. The van der Waals surface area contributed by atoms with Crippen LogP contribution in [0.4, 0.5) is 5.69 Å². The summed E-state index contributed by atoms with van der Waals surface area (Å²) in [6.45, 7) is -0.322. The Kier molecular flexibility index (Phi) is 4.90. The molecule has 0 radical (unpaired) electrons. The average molecular weight is 331 g/mol. The molecule has 0 amide bonds. The van der Waals surface area contributed by atoms with Crippen molar-refractivity contribution in [2.24, 2.45) is 0 Å². The minimum absolute atomic E-state index is 0.259. The van der Waals surface area contributed by atoms with Gasteiger partial charge in [0.2, 0.25) is 0 Å². The number of rotatable bonds is 5. The van der Waals surface area contributed by atoms with Gasteiger partial charge in [-0.05, 0) is 23.3 Å². The van der Waals surface area contributed by atoms with Crippen LogP contribution in [0.2, 0.25) is 0 Å². The third-order valence-electron chi connectivity index (χ3n) is 3.83. The number of nitrogen functional groups attached to an aromatic ring is 1. The zero-order valence-corrected chi connectivity index (χ0v) is 13.5. The summed E-state index contributed by atoms with van der Waals surface area (Å²) in [5.41, 5.74) is 8.90. The molecule has 0 unspecified atom stereocenters. The Morgan fingerprint density at radius 1 is 0.760 bits per heavy atom. The molecular weight excluding hydrogens is 314 g/mol. The van der Waals surface area contributed by atoms with Crippen molar-refractivity contribution in [1.82, 2.24) is 0 Å². The number of hydrogen-bond acceptors (Lipinski definition) is 4. The van der Waals surface area contributed by atoms with Crippen LogP contribution >= 0.6 is 0 Å². The van der Waals surface area contributed by atoms with Gasteiger partial charge in [0, 0.05) is 11.3 Å². The molecule has 0 aliphatic heterocycles. The number of anilines is 1. The molecule has 0 aliphatic rings. The van der Waals surface area contributed by atoms with Crippen LogP contribution in [0.25, 0.3) is 11.1 Å². The minimum Gasteiger partial charge on any atom is -0.454 e. The Morgan fingerprint density at radius 2 is 1.36 bits per heavy atom. The first-order valence-electron chi connectivity index (χ1n) is 7.85. The van der Waals surface area contributed by atoms with Crippen molar-refractivity contribution < 1.29 is 14.3 Å². The molecule has 0 heterocycles.